The summed E-state index contributed by atoms with van der Waals surface area (Å²) in [5.41, 5.74) is 0.430. The third kappa shape index (κ3) is 4.82. The predicted molar refractivity (Wildman–Crippen MR) is 131 cm³/mol. The molecule has 33 heavy (non-hydrogen) atoms. The first-order valence-electron chi connectivity index (χ1n) is 11.0. The quantitative estimate of drug-likeness (QED) is 0.416. The molecule has 4 rings (SSSR count). The number of aryl methyl sites for hydroxylation is 1. The Hall–Kier alpha value is -2.32. The van der Waals surface area contributed by atoms with Gasteiger partial charge >= 0.3 is 0 Å². The van der Waals surface area contributed by atoms with Crippen molar-refractivity contribution in [1.82, 2.24) is 9.97 Å². The third-order valence-electron chi connectivity index (χ3n) is 6.63. The molecule has 0 bridgehead atoms. The lowest BCUT2D eigenvalue weighted by atomic mass is 9.88. The van der Waals surface area contributed by atoms with Crippen molar-refractivity contribution >= 4 is 34.5 Å². The fourth-order valence-electron chi connectivity index (χ4n) is 4.67. The molecule has 0 saturated heterocycles. The van der Waals surface area contributed by atoms with E-state index in [0.29, 0.717) is 38.3 Å². The molecule has 6 nitrogen and oxygen atoms in total. The highest BCUT2D eigenvalue weighted by molar-refractivity contribution is 7.14. The Balaban J connectivity index is 1.61. The van der Waals surface area contributed by atoms with Crippen LogP contribution in [-0.4, -0.2) is 38.6 Å². The highest BCUT2D eigenvalue weighted by Crippen LogP contribution is 2.38. The van der Waals surface area contributed by atoms with Crippen LogP contribution in [0.4, 0.5) is 5.82 Å². The molecule has 2 aromatic heterocycles. The van der Waals surface area contributed by atoms with E-state index in [-0.39, 0.29) is 24.3 Å². The number of benzene rings is 1. The molecule has 0 amide bonds. The van der Waals surface area contributed by atoms with Crippen molar-refractivity contribution in [3.05, 3.63) is 74.3 Å². The Morgan fingerprint density at radius 3 is 2.82 bits per heavy atom. The van der Waals surface area contributed by atoms with Crippen LogP contribution >= 0.6 is 22.9 Å². The Bertz CT molecular complexity index is 1160. The minimum atomic E-state index is -1.29. The van der Waals surface area contributed by atoms with Crippen LogP contribution in [-0.2, 0) is 5.60 Å². The number of carbonyl (C=O) groups is 1. The van der Waals surface area contributed by atoms with Crippen molar-refractivity contribution in [2.45, 2.75) is 45.3 Å². The van der Waals surface area contributed by atoms with Crippen molar-refractivity contribution in [2.24, 2.45) is 11.8 Å². The number of hydrogen-bond acceptors (Lipinski definition) is 7. The van der Waals surface area contributed by atoms with Gasteiger partial charge in [0.15, 0.2) is 0 Å². The number of hydrogen-bond donors (Lipinski definition) is 3. The smallest absolute Gasteiger partial charge is 0.208 e. The van der Waals surface area contributed by atoms with E-state index in [2.05, 4.69) is 22.2 Å². The van der Waals surface area contributed by atoms with Gasteiger partial charge in [-0.3, -0.25) is 4.79 Å². The summed E-state index contributed by atoms with van der Waals surface area (Å²) in [4.78, 5) is 23.2. The van der Waals surface area contributed by atoms with E-state index in [1.807, 2.05) is 13.0 Å². The second-order valence-electron chi connectivity index (χ2n) is 9.01. The van der Waals surface area contributed by atoms with Gasteiger partial charge in [-0.25, -0.2) is 9.97 Å². The number of ketones is 1. The first kappa shape index (κ1) is 23.8. The zero-order valence-electron chi connectivity index (χ0n) is 18.9. The number of carbonyl (C=O) groups excluding carboxylic acids is 1. The average Bonchev–Trinajstić information content (AvgIpc) is 3.36. The predicted octanol–water partition coefficient (Wildman–Crippen LogP) is 4.81. The molecule has 0 aliphatic heterocycles. The number of thiophene rings is 1. The average molecular weight is 486 g/mol. The molecule has 0 spiro atoms. The number of nitrogens with zero attached hydrogens (tertiary/aromatic N) is 2. The van der Waals surface area contributed by atoms with Crippen LogP contribution in [0.15, 0.2) is 42.9 Å². The van der Waals surface area contributed by atoms with E-state index >= 15 is 0 Å². The molecule has 1 unspecified atom stereocenters. The highest BCUT2D eigenvalue weighted by Gasteiger charge is 2.33. The Morgan fingerprint density at radius 2 is 2.12 bits per heavy atom. The topological polar surface area (TPSA) is 95.3 Å². The molecule has 0 radical (unpaired) electrons. The molecule has 3 aromatic rings. The van der Waals surface area contributed by atoms with Crippen molar-refractivity contribution in [3.8, 4) is 0 Å². The molecule has 3 N–H and O–H groups in total. The Labute approximate surface area is 202 Å². The second kappa shape index (κ2) is 9.50. The van der Waals surface area contributed by atoms with E-state index in [9.17, 15) is 15.0 Å². The van der Waals surface area contributed by atoms with Gasteiger partial charge in [-0.15, -0.1) is 11.3 Å². The van der Waals surface area contributed by atoms with Gasteiger partial charge in [-0.2, -0.15) is 0 Å². The lowest BCUT2D eigenvalue weighted by molar-refractivity contribution is 0.102. The minimum absolute atomic E-state index is 0.141. The van der Waals surface area contributed by atoms with Gasteiger partial charge in [0.25, 0.3) is 0 Å². The van der Waals surface area contributed by atoms with Crippen LogP contribution in [0.2, 0.25) is 5.02 Å². The summed E-state index contributed by atoms with van der Waals surface area (Å²) in [5, 5.41) is 24.8. The van der Waals surface area contributed by atoms with Crippen LogP contribution in [0.3, 0.4) is 0 Å². The minimum Gasteiger partial charge on any atom is -0.396 e. The van der Waals surface area contributed by atoms with E-state index in [1.54, 1.807) is 31.2 Å². The summed E-state index contributed by atoms with van der Waals surface area (Å²) in [6, 6.07) is 9.00. The standard InChI is InChI=1S/C25H28ClN3O3S/c1-14-7-19(8-16(14)12-30)29-24-20(11-27-13-28-24)23(31)22-10-21(15(2)33-22)25(3,32)17-5-4-6-18(26)9-17/h4-6,9-11,13-14,16,19,30,32H,7-8,12H2,1-3H3,(H,27,28,29)/t14-,16+,19-,25?/m0/s1. The molecule has 4 atom stereocenters. The van der Waals surface area contributed by atoms with Gasteiger partial charge in [-0.05, 0) is 62.3 Å². The first-order valence-corrected chi connectivity index (χ1v) is 12.2. The molecule has 1 fully saturated rings. The van der Waals surface area contributed by atoms with Gasteiger partial charge in [0, 0.05) is 34.3 Å². The number of aliphatic hydroxyl groups excluding tert-OH is 1. The van der Waals surface area contributed by atoms with E-state index in [1.165, 1.54) is 23.9 Å². The molecular formula is C25H28ClN3O3S. The van der Waals surface area contributed by atoms with Crippen LogP contribution < -0.4 is 5.32 Å². The van der Waals surface area contributed by atoms with Crippen LogP contribution in [0, 0.1) is 18.8 Å². The van der Waals surface area contributed by atoms with Crippen molar-refractivity contribution in [1.29, 1.82) is 0 Å². The van der Waals surface area contributed by atoms with Gasteiger partial charge in [0.05, 0.1) is 10.4 Å². The van der Waals surface area contributed by atoms with Crippen LogP contribution in [0.25, 0.3) is 0 Å². The molecular weight excluding hydrogens is 458 g/mol. The van der Waals surface area contributed by atoms with Gasteiger partial charge in [0.2, 0.25) is 5.78 Å². The molecule has 1 aliphatic carbocycles. The summed E-state index contributed by atoms with van der Waals surface area (Å²) < 4.78 is 0. The van der Waals surface area contributed by atoms with E-state index in [0.717, 1.165) is 17.7 Å². The fourth-order valence-corrected chi connectivity index (χ4v) is 5.94. The highest BCUT2D eigenvalue weighted by atomic mass is 35.5. The van der Waals surface area contributed by atoms with Gasteiger partial charge in [0.1, 0.15) is 17.7 Å². The largest absolute Gasteiger partial charge is 0.396 e. The molecule has 1 aliphatic rings. The summed E-state index contributed by atoms with van der Waals surface area (Å²) in [6.45, 7) is 5.90. The van der Waals surface area contributed by atoms with Crippen molar-refractivity contribution in [3.63, 3.8) is 0 Å². The second-order valence-corrected chi connectivity index (χ2v) is 10.7. The van der Waals surface area contributed by atoms with E-state index in [4.69, 9.17) is 11.6 Å². The third-order valence-corrected chi connectivity index (χ3v) is 7.92. The fraction of sp³-hybridized carbons (Fsp3) is 0.400. The first-order chi connectivity index (χ1) is 15.7. The Morgan fingerprint density at radius 1 is 1.33 bits per heavy atom. The monoisotopic (exact) mass is 485 g/mol. The molecule has 8 heteroatoms. The molecule has 2 heterocycles. The van der Waals surface area contributed by atoms with Crippen molar-refractivity contribution in [2.75, 3.05) is 11.9 Å². The number of halogens is 1. The van der Waals surface area contributed by atoms with Gasteiger partial charge in [-0.1, -0.05) is 30.7 Å². The molecule has 1 aromatic carbocycles. The van der Waals surface area contributed by atoms with Crippen molar-refractivity contribution < 1.29 is 15.0 Å². The summed E-state index contributed by atoms with van der Waals surface area (Å²) in [6.07, 6.45) is 4.70. The number of anilines is 1. The SMILES string of the molecule is Cc1sc(C(=O)c2cncnc2N[C@@H]2C[C@H](CO)[C@@H](C)C2)cc1C(C)(O)c1cccc(Cl)c1. The Kier molecular flexibility index (Phi) is 6.86. The van der Waals surface area contributed by atoms with Gasteiger partial charge < -0.3 is 15.5 Å². The number of aliphatic hydroxyl groups is 2. The van der Waals surface area contributed by atoms with E-state index < -0.39 is 5.60 Å². The number of rotatable bonds is 7. The molecule has 1 saturated carbocycles. The number of nitrogens with one attached hydrogen (secondary N) is 1. The maximum atomic E-state index is 13.5. The summed E-state index contributed by atoms with van der Waals surface area (Å²) >= 11 is 7.47. The normalized spacial score (nSPS) is 22.2. The van der Waals surface area contributed by atoms with Crippen LogP contribution in [0.1, 0.15) is 57.9 Å². The lowest BCUT2D eigenvalue weighted by Crippen LogP contribution is -2.23. The number of aromatic nitrogens is 2. The lowest BCUT2D eigenvalue weighted by Gasteiger charge is -2.24. The summed E-state index contributed by atoms with van der Waals surface area (Å²) in [7, 11) is 0. The maximum absolute atomic E-state index is 13.5. The molecule has 174 valence electrons. The van der Waals surface area contributed by atoms with Crippen LogP contribution in [0.5, 0.6) is 0 Å². The maximum Gasteiger partial charge on any atom is 0.208 e. The zero-order valence-corrected chi connectivity index (χ0v) is 20.5. The summed E-state index contributed by atoms with van der Waals surface area (Å²) in [5.74, 6) is 0.966. The zero-order chi connectivity index (χ0) is 23.8.